The Morgan fingerprint density at radius 3 is 2.20 bits per heavy atom. The fraction of sp³-hybridized carbons (Fsp3) is 0.778. The third kappa shape index (κ3) is 6.00. The lowest BCUT2D eigenvalue weighted by molar-refractivity contribution is -0.256. The molecule has 5 saturated carbocycles. The number of aliphatic carboxylic acids is 1. The molecule has 1 aromatic rings. The molecule has 0 aromatic heterocycles. The lowest BCUT2D eigenvalue weighted by atomic mass is 9.32. The number of nitrogens with two attached hydrogens (primary N) is 1. The lowest BCUT2D eigenvalue weighted by Gasteiger charge is -2.73. The van der Waals surface area contributed by atoms with Crippen molar-refractivity contribution in [2.24, 2.45) is 62.1 Å². The van der Waals surface area contributed by atoms with E-state index in [1.165, 1.54) is 30.4 Å². The first kappa shape index (κ1) is 38.4. The van der Waals surface area contributed by atoms with Crippen LogP contribution in [-0.4, -0.2) is 34.4 Å². The molecule has 6 heteroatoms. The summed E-state index contributed by atoms with van der Waals surface area (Å²) in [4.78, 5) is 24.6. The number of aliphatic hydroxyl groups is 1. The Hall–Kier alpha value is -2.34. The number of allylic oxidation sites excluding steroid dienone is 1. The molecule has 51 heavy (non-hydrogen) atoms. The summed E-state index contributed by atoms with van der Waals surface area (Å²) in [5, 5.41) is 21.9. The average Bonchev–Trinajstić information content (AvgIpc) is 3.43. The van der Waals surface area contributed by atoms with E-state index < -0.39 is 17.5 Å². The van der Waals surface area contributed by atoms with E-state index in [4.69, 9.17) is 10.5 Å². The number of carboxylic acids is 1. The molecular formula is C45H69NO5. The van der Waals surface area contributed by atoms with Crippen molar-refractivity contribution in [2.75, 3.05) is 5.73 Å². The van der Waals surface area contributed by atoms with Crippen molar-refractivity contribution >= 4 is 17.6 Å². The summed E-state index contributed by atoms with van der Waals surface area (Å²) in [7, 11) is 0. The van der Waals surface area contributed by atoms with Gasteiger partial charge in [-0.2, -0.15) is 0 Å². The third-order valence-electron chi connectivity index (χ3n) is 17.1. The summed E-state index contributed by atoms with van der Waals surface area (Å²) in [5.41, 5.74) is 8.87. The molecule has 6 nitrogen and oxygen atoms in total. The quantitative estimate of drug-likeness (QED) is 0.134. The Labute approximate surface area is 308 Å². The summed E-state index contributed by atoms with van der Waals surface area (Å²) in [6, 6.07) is 8.15. The van der Waals surface area contributed by atoms with E-state index in [-0.39, 0.29) is 57.9 Å². The minimum absolute atomic E-state index is 0.0392. The smallest absolute Gasteiger partial charge is 0.306 e. The van der Waals surface area contributed by atoms with Crippen molar-refractivity contribution in [3.63, 3.8) is 0 Å². The molecule has 4 N–H and O–H groups in total. The predicted molar refractivity (Wildman–Crippen MR) is 205 cm³/mol. The van der Waals surface area contributed by atoms with E-state index in [2.05, 4.69) is 67.2 Å². The van der Waals surface area contributed by atoms with Crippen LogP contribution in [-0.2, 0) is 14.3 Å². The van der Waals surface area contributed by atoms with Crippen molar-refractivity contribution in [2.45, 2.75) is 157 Å². The standard InChI is InChI=1S/C45H69NO5/c1-27(2)31-17-22-45(39(50)28(3)29-11-13-30(46)14-12-29)24-23-43(9)32(38(31)45)15-16-34-42(8)20-19-35(41(6,7)33(42)18-21-44(34,43)10)51-37(49)26-40(4,5)25-36(47)48/h11-14,28,31-35,38-39,50H,1,15-26,46H2,2-10H3,(H,47,48)/t28?,31-,32+,33-,34+,35-,38+,39?,42-,43+,44+,45-/m0/s1. The van der Waals surface area contributed by atoms with Gasteiger partial charge < -0.3 is 20.7 Å². The van der Waals surface area contributed by atoms with Crippen molar-refractivity contribution < 1.29 is 24.5 Å². The van der Waals surface area contributed by atoms with E-state index in [0.717, 1.165) is 50.6 Å². The molecule has 0 spiro atoms. The van der Waals surface area contributed by atoms with Gasteiger partial charge in [0.15, 0.2) is 0 Å². The first-order valence-corrected chi connectivity index (χ1v) is 20.2. The number of hydrogen-bond acceptors (Lipinski definition) is 5. The highest BCUT2D eigenvalue weighted by Crippen LogP contribution is 2.78. The van der Waals surface area contributed by atoms with Crippen LogP contribution in [0.3, 0.4) is 0 Å². The lowest BCUT2D eigenvalue weighted by Crippen LogP contribution is -2.67. The van der Waals surface area contributed by atoms with Gasteiger partial charge in [0.25, 0.3) is 0 Å². The Balaban J connectivity index is 1.27. The Morgan fingerprint density at radius 2 is 1.57 bits per heavy atom. The monoisotopic (exact) mass is 704 g/mol. The second-order valence-corrected chi connectivity index (χ2v) is 20.6. The first-order chi connectivity index (χ1) is 23.6. The van der Waals surface area contributed by atoms with E-state index in [1.807, 2.05) is 26.0 Å². The second-order valence-electron chi connectivity index (χ2n) is 20.6. The summed E-state index contributed by atoms with van der Waals surface area (Å²) in [6.07, 6.45) is 10.6. The number of nitrogen functional groups attached to an aromatic ring is 1. The highest BCUT2D eigenvalue weighted by molar-refractivity contribution is 5.73. The maximum atomic E-state index is 13.2. The van der Waals surface area contributed by atoms with Gasteiger partial charge in [-0.3, -0.25) is 9.59 Å². The molecule has 6 rings (SSSR count). The Kier molecular flexibility index (Phi) is 9.72. The van der Waals surface area contributed by atoms with E-state index in [9.17, 15) is 19.8 Å². The maximum absolute atomic E-state index is 13.2. The van der Waals surface area contributed by atoms with E-state index >= 15 is 0 Å². The highest BCUT2D eigenvalue weighted by Gasteiger charge is 2.72. The van der Waals surface area contributed by atoms with Crippen molar-refractivity contribution in [3.05, 3.63) is 42.0 Å². The number of carbonyl (C=O) groups excluding carboxylic acids is 1. The fourth-order valence-corrected chi connectivity index (χ4v) is 14.4. The van der Waals surface area contributed by atoms with Gasteiger partial charge in [0.2, 0.25) is 0 Å². The average molecular weight is 704 g/mol. The summed E-state index contributed by atoms with van der Waals surface area (Å²) in [5.74, 6) is 1.35. The largest absolute Gasteiger partial charge is 0.481 e. The Bertz CT molecular complexity index is 1510. The number of carbonyl (C=O) groups is 2. The van der Waals surface area contributed by atoms with Crippen LogP contribution in [0.1, 0.15) is 151 Å². The molecule has 0 radical (unpaired) electrons. The molecule has 5 fully saturated rings. The highest BCUT2D eigenvalue weighted by atomic mass is 16.5. The van der Waals surface area contributed by atoms with Gasteiger partial charge in [-0.05, 0) is 140 Å². The maximum Gasteiger partial charge on any atom is 0.306 e. The van der Waals surface area contributed by atoms with Gasteiger partial charge in [-0.25, -0.2) is 0 Å². The number of anilines is 1. The normalized spacial score (nSPS) is 41.2. The van der Waals surface area contributed by atoms with E-state index in [1.54, 1.807) is 0 Å². The number of rotatable bonds is 9. The number of ether oxygens (including phenoxy) is 1. The molecule has 0 aliphatic heterocycles. The third-order valence-corrected chi connectivity index (χ3v) is 17.1. The van der Waals surface area contributed by atoms with Crippen LogP contribution in [0.15, 0.2) is 36.4 Å². The molecule has 0 amide bonds. The second kappa shape index (κ2) is 12.9. The molecule has 5 aliphatic carbocycles. The molecular weight excluding hydrogens is 634 g/mol. The van der Waals surface area contributed by atoms with Gasteiger partial charge >= 0.3 is 11.9 Å². The van der Waals surface area contributed by atoms with Crippen molar-refractivity contribution in [3.8, 4) is 0 Å². The van der Waals surface area contributed by atoms with Gasteiger partial charge in [0, 0.05) is 22.4 Å². The molecule has 0 saturated heterocycles. The van der Waals surface area contributed by atoms with Crippen LogP contribution in [0.4, 0.5) is 5.69 Å². The SMILES string of the molecule is C=C(C)[C@@H]1CC[C@]2(C(O)C(C)c3ccc(N)cc3)CC[C@]3(C)[C@H](CC[C@@H]4[C@@]5(C)CC[C@H](OC(=O)CC(C)(C)CC(=O)O)C(C)(C)[C@@H]5CC[C@]43C)[C@@H]12. The minimum Gasteiger partial charge on any atom is -0.481 e. The minimum atomic E-state index is -0.883. The number of aliphatic hydroxyl groups excluding tert-OH is 1. The zero-order valence-electron chi connectivity index (χ0n) is 33.3. The molecule has 12 atom stereocenters. The van der Waals surface area contributed by atoms with Gasteiger partial charge in [-0.1, -0.05) is 79.7 Å². The Morgan fingerprint density at radius 1 is 0.902 bits per heavy atom. The van der Waals surface area contributed by atoms with Crippen LogP contribution < -0.4 is 5.73 Å². The van der Waals surface area contributed by atoms with Crippen molar-refractivity contribution in [1.29, 1.82) is 0 Å². The topological polar surface area (TPSA) is 110 Å². The number of hydrogen-bond donors (Lipinski definition) is 3. The first-order valence-electron chi connectivity index (χ1n) is 20.2. The predicted octanol–water partition coefficient (Wildman–Crippen LogP) is 10.2. The zero-order valence-corrected chi connectivity index (χ0v) is 33.3. The molecule has 284 valence electrons. The molecule has 1 aromatic carbocycles. The summed E-state index contributed by atoms with van der Waals surface area (Å²) < 4.78 is 6.29. The van der Waals surface area contributed by atoms with Crippen LogP contribution in [0.2, 0.25) is 0 Å². The van der Waals surface area contributed by atoms with Crippen molar-refractivity contribution in [1.82, 2.24) is 0 Å². The molecule has 2 unspecified atom stereocenters. The number of carboxylic acid groups (broad SMARTS) is 1. The van der Waals surface area contributed by atoms with Crippen LogP contribution in [0, 0.1) is 62.1 Å². The summed E-state index contributed by atoms with van der Waals surface area (Å²) >= 11 is 0. The van der Waals surface area contributed by atoms with Crippen LogP contribution >= 0.6 is 0 Å². The summed E-state index contributed by atoms with van der Waals surface area (Å²) in [6.45, 7) is 25.3. The molecule has 0 heterocycles. The van der Waals surface area contributed by atoms with Crippen LogP contribution in [0.5, 0.6) is 0 Å². The van der Waals surface area contributed by atoms with E-state index in [0.29, 0.717) is 29.6 Å². The fourth-order valence-electron chi connectivity index (χ4n) is 14.4. The number of fused-ring (bicyclic) bond motifs is 7. The van der Waals surface area contributed by atoms with Gasteiger partial charge in [0.05, 0.1) is 18.9 Å². The van der Waals surface area contributed by atoms with Gasteiger partial charge in [-0.15, -0.1) is 0 Å². The zero-order chi connectivity index (χ0) is 37.5. The molecule has 5 aliphatic rings. The number of benzene rings is 1. The molecule has 0 bridgehead atoms. The number of esters is 1. The van der Waals surface area contributed by atoms with Crippen LogP contribution in [0.25, 0.3) is 0 Å². The van der Waals surface area contributed by atoms with Gasteiger partial charge in [0.1, 0.15) is 6.10 Å².